The molecule has 150 valence electrons. The zero-order valence-corrected chi connectivity index (χ0v) is 17.0. The maximum absolute atomic E-state index is 6.12. The molecule has 0 spiro atoms. The van der Waals surface area contributed by atoms with Gasteiger partial charge in [-0.05, 0) is 43.5 Å². The van der Waals surface area contributed by atoms with Gasteiger partial charge in [0.25, 0.3) is 0 Å². The highest BCUT2D eigenvalue weighted by molar-refractivity contribution is 5.79. The average Bonchev–Trinajstić information content (AvgIpc) is 3.22. The first kappa shape index (κ1) is 20.1. The molecule has 1 saturated heterocycles. The van der Waals surface area contributed by atoms with Crippen molar-refractivity contribution in [1.82, 2.24) is 15.6 Å². The predicted octanol–water partition coefficient (Wildman–Crippen LogP) is 2.98. The predicted molar refractivity (Wildman–Crippen MR) is 112 cm³/mol. The summed E-state index contributed by atoms with van der Waals surface area (Å²) in [5.41, 5.74) is 4.48. The minimum atomic E-state index is 0.484. The third-order valence-electron chi connectivity index (χ3n) is 4.93. The molecule has 2 heterocycles. The van der Waals surface area contributed by atoms with E-state index < -0.39 is 0 Å². The molecule has 6 heteroatoms. The Morgan fingerprint density at radius 2 is 2.11 bits per heavy atom. The number of aliphatic imine (C=N–C) groups is 1. The molecule has 1 atom stereocenters. The van der Waals surface area contributed by atoms with Gasteiger partial charge < -0.3 is 20.1 Å². The molecule has 0 radical (unpaired) electrons. The van der Waals surface area contributed by atoms with E-state index in [9.17, 15) is 0 Å². The Hall–Kier alpha value is -2.60. The largest absolute Gasteiger partial charge is 0.493 e. The van der Waals surface area contributed by atoms with E-state index in [-0.39, 0.29) is 0 Å². The summed E-state index contributed by atoms with van der Waals surface area (Å²) in [6.07, 6.45) is 2.88. The highest BCUT2D eigenvalue weighted by Crippen LogP contribution is 2.22. The Labute approximate surface area is 167 Å². The fourth-order valence-electron chi connectivity index (χ4n) is 3.14. The quantitative estimate of drug-likeness (QED) is 0.569. The summed E-state index contributed by atoms with van der Waals surface area (Å²) in [6, 6.07) is 10.3. The van der Waals surface area contributed by atoms with E-state index in [0.717, 1.165) is 48.2 Å². The van der Waals surface area contributed by atoms with Crippen LogP contribution >= 0.6 is 0 Å². The zero-order chi connectivity index (χ0) is 19.8. The molecule has 1 aliphatic rings. The van der Waals surface area contributed by atoms with E-state index in [1.54, 1.807) is 7.05 Å². The first-order valence-electron chi connectivity index (χ1n) is 9.81. The van der Waals surface area contributed by atoms with Gasteiger partial charge in [0.2, 0.25) is 0 Å². The van der Waals surface area contributed by atoms with Crippen molar-refractivity contribution in [1.29, 1.82) is 0 Å². The molecule has 6 nitrogen and oxygen atoms in total. The fraction of sp³-hybridized carbons (Fsp3) is 0.455. The molecular formula is C22H30N4O2. The lowest BCUT2D eigenvalue weighted by Gasteiger charge is -2.17. The molecule has 1 unspecified atom stereocenters. The van der Waals surface area contributed by atoms with Crippen LogP contribution in [-0.4, -0.2) is 37.8 Å². The molecule has 0 aliphatic carbocycles. The lowest BCUT2D eigenvalue weighted by molar-refractivity contribution is 0.166. The second-order valence-electron chi connectivity index (χ2n) is 7.20. The minimum absolute atomic E-state index is 0.484. The Morgan fingerprint density at radius 3 is 2.86 bits per heavy atom. The van der Waals surface area contributed by atoms with Crippen molar-refractivity contribution in [2.24, 2.45) is 10.9 Å². The van der Waals surface area contributed by atoms with Crippen molar-refractivity contribution < 1.29 is 9.47 Å². The topological polar surface area (TPSA) is 67.8 Å². The molecule has 0 saturated carbocycles. The van der Waals surface area contributed by atoms with Gasteiger partial charge in [-0.25, -0.2) is 0 Å². The second kappa shape index (κ2) is 10.1. The van der Waals surface area contributed by atoms with Gasteiger partial charge in [-0.2, -0.15) is 0 Å². The van der Waals surface area contributed by atoms with Gasteiger partial charge in [-0.1, -0.05) is 18.2 Å². The van der Waals surface area contributed by atoms with Crippen molar-refractivity contribution in [3.05, 3.63) is 58.9 Å². The summed E-state index contributed by atoms with van der Waals surface area (Å²) < 4.78 is 11.6. The van der Waals surface area contributed by atoms with Crippen LogP contribution in [0.1, 0.15) is 28.8 Å². The molecule has 0 bridgehead atoms. The van der Waals surface area contributed by atoms with Crippen molar-refractivity contribution in [2.75, 3.05) is 26.9 Å². The van der Waals surface area contributed by atoms with Gasteiger partial charge >= 0.3 is 0 Å². The summed E-state index contributed by atoms with van der Waals surface area (Å²) >= 11 is 0. The van der Waals surface area contributed by atoms with Gasteiger partial charge in [-0.3, -0.25) is 9.98 Å². The summed E-state index contributed by atoms with van der Waals surface area (Å²) in [6.45, 7) is 7.74. The van der Waals surface area contributed by atoms with Gasteiger partial charge in [0.05, 0.1) is 25.5 Å². The number of guanidine groups is 1. The normalized spacial score (nSPS) is 16.8. The molecular weight excluding hydrogens is 352 g/mol. The Balaban J connectivity index is 1.56. The number of rotatable bonds is 7. The van der Waals surface area contributed by atoms with Crippen LogP contribution in [0.5, 0.6) is 5.75 Å². The smallest absolute Gasteiger partial charge is 0.191 e. The molecule has 2 N–H and O–H groups in total. The Kier molecular flexibility index (Phi) is 7.25. The summed E-state index contributed by atoms with van der Waals surface area (Å²) in [4.78, 5) is 8.73. The molecule has 1 aromatic heterocycles. The van der Waals surface area contributed by atoms with E-state index in [0.29, 0.717) is 25.6 Å². The fourth-order valence-corrected chi connectivity index (χ4v) is 3.14. The molecule has 1 fully saturated rings. The van der Waals surface area contributed by atoms with Gasteiger partial charge in [0.1, 0.15) is 5.75 Å². The zero-order valence-electron chi connectivity index (χ0n) is 17.0. The number of aryl methyl sites for hydroxylation is 2. The minimum Gasteiger partial charge on any atom is -0.493 e. The van der Waals surface area contributed by atoms with E-state index in [1.807, 2.05) is 12.3 Å². The number of nitrogens with zero attached hydrogens (tertiary/aromatic N) is 2. The number of aromatic nitrogens is 1. The van der Waals surface area contributed by atoms with Gasteiger partial charge in [0, 0.05) is 37.9 Å². The van der Waals surface area contributed by atoms with Gasteiger partial charge in [-0.15, -0.1) is 0 Å². The summed E-state index contributed by atoms with van der Waals surface area (Å²) in [7, 11) is 1.77. The molecule has 0 amide bonds. The number of ether oxygens (including phenoxy) is 2. The number of pyridine rings is 1. The third-order valence-corrected chi connectivity index (χ3v) is 4.93. The SMILES string of the molecule is CN=C(NCc1ccc(C)cc1OCC1CCOC1)NCc1ncccc1C. The van der Waals surface area contributed by atoms with Crippen LogP contribution in [0.3, 0.4) is 0 Å². The Morgan fingerprint density at radius 1 is 1.25 bits per heavy atom. The first-order chi connectivity index (χ1) is 13.7. The van der Waals surface area contributed by atoms with Crippen LogP contribution in [0, 0.1) is 19.8 Å². The van der Waals surface area contributed by atoms with Crippen LogP contribution in [0.25, 0.3) is 0 Å². The molecule has 1 aromatic carbocycles. The van der Waals surface area contributed by atoms with Gasteiger partial charge in [0.15, 0.2) is 5.96 Å². The molecule has 2 aromatic rings. The third kappa shape index (κ3) is 5.70. The highest BCUT2D eigenvalue weighted by atomic mass is 16.5. The number of nitrogens with one attached hydrogen (secondary N) is 2. The Bertz CT molecular complexity index is 801. The summed E-state index contributed by atoms with van der Waals surface area (Å²) in [5.74, 6) is 2.15. The van der Waals surface area contributed by atoms with Crippen LogP contribution in [0.4, 0.5) is 0 Å². The molecule has 3 rings (SSSR count). The maximum atomic E-state index is 6.12. The van der Waals surface area contributed by atoms with E-state index in [2.05, 4.69) is 58.7 Å². The van der Waals surface area contributed by atoms with Crippen LogP contribution in [-0.2, 0) is 17.8 Å². The highest BCUT2D eigenvalue weighted by Gasteiger charge is 2.17. The average molecular weight is 383 g/mol. The molecule has 28 heavy (non-hydrogen) atoms. The van der Waals surface area contributed by atoms with Crippen molar-refractivity contribution in [3.63, 3.8) is 0 Å². The van der Waals surface area contributed by atoms with Crippen molar-refractivity contribution in [2.45, 2.75) is 33.4 Å². The number of hydrogen-bond donors (Lipinski definition) is 2. The van der Waals surface area contributed by atoms with Crippen molar-refractivity contribution in [3.8, 4) is 5.75 Å². The molecule has 1 aliphatic heterocycles. The lowest BCUT2D eigenvalue weighted by Crippen LogP contribution is -2.36. The van der Waals surface area contributed by atoms with Crippen LogP contribution < -0.4 is 15.4 Å². The number of hydrogen-bond acceptors (Lipinski definition) is 4. The number of benzene rings is 1. The summed E-state index contributed by atoms with van der Waals surface area (Å²) in [5, 5.41) is 6.69. The van der Waals surface area contributed by atoms with Crippen molar-refractivity contribution >= 4 is 5.96 Å². The first-order valence-corrected chi connectivity index (χ1v) is 9.81. The van der Waals surface area contributed by atoms with E-state index >= 15 is 0 Å². The van der Waals surface area contributed by atoms with E-state index in [4.69, 9.17) is 9.47 Å². The monoisotopic (exact) mass is 382 g/mol. The van der Waals surface area contributed by atoms with Crippen LogP contribution in [0.15, 0.2) is 41.5 Å². The van der Waals surface area contributed by atoms with Crippen LogP contribution in [0.2, 0.25) is 0 Å². The lowest BCUT2D eigenvalue weighted by atomic mass is 10.1. The second-order valence-corrected chi connectivity index (χ2v) is 7.20. The standard InChI is InChI=1S/C22H30N4O2/c1-16-6-7-19(21(11-16)28-15-18-8-10-27-14-18)12-25-22(23-3)26-13-20-17(2)5-4-9-24-20/h4-7,9,11,18H,8,10,12-15H2,1-3H3,(H2,23,25,26). The maximum Gasteiger partial charge on any atom is 0.191 e. The van der Waals surface area contributed by atoms with E-state index in [1.165, 1.54) is 5.56 Å².